The molecule has 1 fully saturated rings. The van der Waals surface area contributed by atoms with Crippen LogP contribution in [0.1, 0.15) is 18.4 Å². The maximum absolute atomic E-state index is 14.3. The van der Waals surface area contributed by atoms with Gasteiger partial charge in [-0.2, -0.15) is 0 Å². The number of hydrogen-bond acceptors (Lipinski definition) is 2. The molecule has 0 unspecified atom stereocenters. The number of halogens is 2. The van der Waals surface area contributed by atoms with Crippen LogP contribution >= 0.6 is 0 Å². The Hall–Kier alpha value is -3.09. The molecule has 28 heavy (non-hydrogen) atoms. The first-order valence-electron chi connectivity index (χ1n) is 9.45. The highest BCUT2D eigenvalue weighted by atomic mass is 19.1. The van der Waals surface area contributed by atoms with Crippen molar-refractivity contribution in [2.45, 2.75) is 19.3 Å². The Bertz CT molecular complexity index is 972. The van der Waals surface area contributed by atoms with Crippen molar-refractivity contribution >= 4 is 28.3 Å². The molecule has 5 nitrogen and oxygen atoms in total. The smallest absolute Gasteiger partial charge is 0.319 e. The summed E-state index contributed by atoms with van der Waals surface area (Å²) in [7, 11) is 0. The van der Waals surface area contributed by atoms with E-state index in [-0.39, 0.29) is 11.4 Å². The second kappa shape index (κ2) is 7.88. The number of amides is 2. The van der Waals surface area contributed by atoms with Gasteiger partial charge in [0, 0.05) is 42.4 Å². The van der Waals surface area contributed by atoms with Gasteiger partial charge in [0.2, 0.25) is 0 Å². The molecular weight excluding hydrogens is 362 g/mol. The second-order valence-electron chi connectivity index (χ2n) is 6.97. The lowest BCUT2D eigenvalue weighted by molar-refractivity contribution is 0.252. The molecule has 0 bridgehead atoms. The number of benzene rings is 2. The van der Waals surface area contributed by atoms with Crippen molar-refractivity contribution in [1.29, 1.82) is 0 Å². The van der Waals surface area contributed by atoms with Crippen molar-refractivity contribution in [3.05, 3.63) is 59.8 Å². The first kappa shape index (κ1) is 18.3. The van der Waals surface area contributed by atoms with Crippen LogP contribution in [0.25, 0.3) is 10.9 Å². The molecule has 1 aliphatic rings. The van der Waals surface area contributed by atoms with Gasteiger partial charge in [0.1, 0.15) is 5.69 Å². The Morgan fingerprint density at radius 3 is 2.57 bits per heavy atom. The van der Waals surface area contributed by atoms with E-state index in [2.05, 4.69) is 15.6 Å². The molecular formula is C21H22F2N4O. The summed E-state index contributed by atoms with van der Waals surface area (Å²) in [4.78, 5) is 17.0. The first-order chi connectivity index (χ1) is 13.6. The van der Waals surface area contributed by atoms with E-state index < -0.39 is 17.7 Å². The van der Waals surface area contributed by atoms with Gasteiger partial charge in [-0.3, -0.25) is 0 Å². The maximum atomic E-state index is 14.3. The van der Waals surface area contributed by atoms with Gasteiger partial charge in [0.05, 0.1) is 0 Å². The predicted octanol–water partition coefficient (Wildman–Crippen LogP) is 4.41. The zero-order valence-corrected chi connectivity index (χ0v) is 15.4. The zero-order chi connectivity index (χ0) is 19.5. The van der Waals surface area contributed by atoms with E-state index in [1.807, 2.05) is 30.5 Å². The van der Waals surface area contributed by atoms with Crippen molar-refractivity contribution in [3.8, 4) is 0 Å². The fourth-order valence-electron chi connectivity index (χ4n) is 3.70. The molecule has 1 aromatic heterocycles. The summed E-state index contributed by atoms with van der Waals surface area (Å²) in [5.74, 6) is -1.31. The third-order valence-electron chi connectivity index (χ3n) is 5.05. The van der Waals surface area contributed by atoms with Gasteiger partial charge in [-0.05, 0) is 43.0 Å². The van der Waals surface area contributed by atoms with Gasteiger partial charge in [-0.25, -0.2) is 13.6 Å². The summed E-state index contributed by atoms with van der Waals surface area (Å²) in [5, 5.41) is 6.34. The minimum atomic E-state index is -0.656. The summed E-state index contributed by atoms with van der Waals surface area (Å²) in [6.07, 6.45) is 4.43. The minimum Gasteiger partial charge on any atom is -0.367 e. The number of urea groups is 1. The molecule has 7 heteroatoms. The van der Waals surface area contributed by atoms with Gasteiger partial charge in [0.15, 0.2) is 11.6 Å². The minimum absolute atomic E-state index is 0.0113. The number of nitrogens with zero attached hydrogens (tertiary/aromatic N) is 1. The summed E-state index contributed by atoms with van der Waals surface area (Å²) < 4.78 is 28.7. The fourth-order valence-corrected chi connectivity index (χ4v) is 3.70. The Balaban J connectivity index is 1.34. The van der Waals surface area contributed by atoms with Gasteiger partial charge < -0.3 is 20.5 Å². The van der Waals surface area contributed by atoms with Crippen molar-refractivity contribution in [2.75, 3.05) is 29.9 Å². The largest absolute Gasteiger partial charge is 0.367 e. The topological polar surface area (TPSA) is 60.2 Å². The number of para-hydroxylation sites is 1. The Labute approximate surface area is 161 Å². The second-order valence-corrected chi connectivity index (χ2v) is 6.97. The summed E-state index contributed by atoms with van der Waals surface area (Å²) >= 11 is 0. The molecule has 1 aliphatic heterocycles. The molecule has 3 N–H and O–H groups in total. The molecule has 0 atom stereocenters. The number of H-pyrrole nitrogens is 1. The normalized spacial score (nSPS) is 13.9. The quantitative estimate of drug-likeness (QED) is 0.610. The molecule has 0 radical (unpaired) electrons. The fraction of sp³-hybridized carbons (Fsp3) is 0.286. The van der Waals surface area contributed by atoms with Crippen LogP contribution in [-0.4, -0.2) is 30.6 Å². The van der Waals surface area contributed by atoms with E-state index in [4.69, 9.17) is 0 Å². The molecule has 2 heterocycles. The van der Waals surface area contributed by atoms with Crippen LogP contribution in [0, 0.1) is 11.6 Å². The monoisotopic (exact) mass is 384 g/mol. The number of rotatable bonds is 5. The molecule has 0 aliphatic carbocycles. The van der Waals surface area contributed by atoms with Crippen LogP contribution in [0.2, 0.25) is 0 Å². The summed E-state index contributed by atoms with van der Waals surface area (Å²) in [6.45, 7) is 1.70. The first-order valence-corrected chi connectivity index (χ1v) is 9.45. The molecule has 0 saturated carbocycles. The lowest BCUT2D eigenvalue weighted by Gasteiger charge is -2.20. The van der Waals surface area contributed by atoms with Gasteiger partial charge in [-0.1, -0.05) is 18.2 Å². The van der Waals surface area contributed by atoms with Crippen LogP contribution in [0.3, 0.4) is 0 Å². The van der Waals surface area contributed by atoms with E-state index in [9.17, 15) is 13.6 Å². The number of carbonyl (C=O) groups is 1. The highest BCUT2D eigenvalue weighted by Crippen LogP contribution is 2.29. The van der Waals surface area contributed by atoms with Crippen molar-refractivity contribution < 1.29 is 13.6 Å². The predicted molar refractivity (Wildman–Crippen MR) is 107 cm³/mol. The lowest BCUT2D eigenvalue weighted by Crippen LogP contribution is -2.30. The standard InChI is InChI=1S/C21H22F2N4O/c22-17-11-15(12-18(23)20(17)27-9-3-4-10-27)26-21(28)24-8-7-14-13-25-19-6-2-1-5-16(14)19/h1-2,5-6,11-13,25H,3-4,7-10H2,(H2,24,26,28). The van der Waals surface area contributed by atoms with E-state index in [0.29, 0.717) is 26.1 Å². The van der Waals surface area contributed by atoms with Crippen LogP contribution in [0.15, 0.2) is 42.6 Å². The number of aromatic amines is 1. The third-order valence-corrected chi connectivity index (χ3v) is 5.05. The van der Waals surface area contributed by atoms with Crippen molar-refractivity contribution in [2.24, 2.45) is 0 Å². The lowest BCUT2D eigenvalue weighted by atomic mass is 10.1. The Kier molecular flexibility index (Phi) is 5.14. The Morgan fingerprint density at radius 2 is 1.82 bits per heavy atom. The van der Waals surface area contributed by atoms with E-state index in [1.54, 1.807) is 4.90 Å². The number of nitrogens with one attached hydrogen (secondary N) is 3. The average molecular weight is 384 g/mol. The SMILES string of the molecule is O=C(NCCc1c[nH]c2ccccc12)Nc1cc(F)c(N2CCCC2)c(F)c1. The van der Waals surface area contributed by atoms with E-state index in [0.717, 1.165) is 41.4 Å². The van der Waals surface area contributed by atoms with E-state index in [1.165, 1.54) is 0 Å². The van der Waals surface area contributed by atoms with Crippen LogP contribution in [0.5, 0.6) is 0 Å². The molecule has 3 aromatic rings. The average Bonchev–Trinajstić information content (AvgIpc) is 3.32. The van der Waals surface area contributed by atoms with Gasteiger partial charge in [-0.15, -0.1) is 0 Å². The third kappa shape index (κ3) is 3.78. The highest BCUT2D eigenvalue weighted by molar-refractivity contribution is 5.89. The maximum Gasteiger partial charge on any atom is 0.319 e. The van der Waals surface area contributed by atoms with Crippen LogP contribution in [0.4, 0.5) is 25.0 Å². The van der Waals surface area contributed by atoms with Gasteiger partial charge >= 0.3 is 6.03 Å². The van der Waals surface area contributed by atoms with Crippen LogP contribution < -0.4 is 15.5 Å². The molecule has 4 rings (SSSR count). The van der Waals surface area contributed by atoms with Crippen molar-refractivity contribution in [1.82, 2.24) is 10.3 Å². The number of fused-ring (bicyclic) bond motifs is 1. The number of carbonyl (C=O) groups excluding carboxylic acids is 1. The number of anilines is 2. The molecule has 1 saturated heterocycles. The summed E-state index contributed by atoms with van der Waals surface area (Å²) in [6, 6.07) is 9.78. The van der Waals surface area contributed by atoms with Crippen molar-refractivity contribution in [3.63, 3.8) is 0 Å². The van der Waals surface area contributed by atoms with E-state index >= 15 is 0 Å². The molecule has 2 amide bonds. The van der Waals surface area contributed by atoms with Crippen LogP contribution in [-0.2, 0) is 6.42 Å². The molecule has 0 spiro atoms. The Morgan fingerprint density at radius 1 is 1.11 bits per heavy atom. The number of hydrogen-bond donors (Lipinski definition) is 3. The molecule has 2 aromatic carbocycles. The molecule has 146 valence electrons. The van der Waals surface area contributed by atoms with Gasteiger partial charge in [0.25, 0.3) is 0 Å². The highest BCUT2D eigenvalue weighted by Gasteiger charge is 2.21. The number of aromatic nitrogens is 1. The summed E-state index contributed by atoms with van der Waals surface area (Å²) in [5.41, 5.74) is 2.24. The zero-order valence-electron chi connectivity index (χ0n) is 15.4.